The third-order valence-electron chi connectivity index (χ3n) is 4.42. The minimum atomic E-state index is -1.11. The van der Waals surface area contributed by atoms with Gasteiger partial charge >= 0.3 is 5.97 Å². The molecule has 0 aromatic heterocycles. The van der Waals surface area contributed by atoms with E-state index >= 15 is 0 Å². The van der Waals surface area contributed by atoms with E-state index in [2.05, 4.69) is 0 Å². The van der Waals surface area contributed by atoms with Crippen LogP contribution >= 0.6 is 0 Å². The molecule has 0 amide bonds. The number of ether oxygens (including phenoxy) is 2. The number of hydrogen-bond donors (Lipinski definition) is 1. The molecule has 2 unspecified atom stereocenters. The lowest BCUT2D eigenvalue weighted by Gasteiger charge is -2.37. The first-order valence-corrected chi connectivity index (χ1v) is 8.06. The van der Waals surface area contributed by atoms with Crippen molar-refractivity contribution in [3.05, 3.63) is 35.9 Å². The van der Waals surface area contributed by atoms with Crippen LogP contribution < -0.4 is 0 Å². The van der Waals surface area contributed by atoms with Crippen LogP contribution in [0.4, 0.5) is 0 Å². The summed E-state index contributed by atoms with van der Waals surface area (Å²) in [5.41, 5.74) is 1.09. The van der Waals surface area contributed by atoms with Gasteiger partial charge in [-0.1, -0.05) is 36.8 Å². The van der Waals surface area contributed by atoms with Crippen molar-refractivity contribution in [2.24, 2.45) is 5.92 Å². The molecule has 0 spiro atoms. The maximum absolute atomic E-state index is 11.9. The first-order chi connectivity index (χ1) is 10.5. The number of benzene rings is 1. The lowest BCUT2D eigenvalue weighted by atomic mass is 9.92. The van der Waals surface area contributed by atoms with Crippen molar-refractivity contribution in [3.63, 3.8) is 0 Å². The van der Waals surface area contributed by atoms with E-state index in [1.54, 1.807) is 6.92 Å². The maximum atomic E-state index is 11.9. The van der Waals surface area contributed by atoms with Crippen molar-refractivity contribution >= 4 is 5.97 Å². The van der Waals surface area contributed by atoms with E-state index in [1.807, 2.05) is 30.3 Å². The second-order valence-corrected chi connectivity index (χ2v) is 6.16. The third kappa shape index (κ3) is 4.55. The molecule has 2 atom stereocenters. The van der Waals surface area contributed by atoms with Crippen LogP contribution in [0.15, 0.2) is 30.3 Å². The zero-order chi connectivity index (χ0) is 16.0. The zero-order valence-corrected chi connectivity index (χ0v) is 13.5. The van der Waals surface area contributed by atoms with E-state index in [1.165, 1.54) is 7.11 Å². The van der Waals surface area contributed by atoms with E-state index in [9.17, 15) is 9.90 Å². The highest BCUT2D eigenvalue weighted by Crippen LogP contribution is 2.32. The van der Waals surface area contributed by atoms with Crippen LogP contribution in [0.25, 0.3) is 0 Å². The normalized spacial score (nSPS) is 20.1. The van der Waals surface area contributed by atoms with Gasteiger partial charge in [0.25, 0.3) is 0 Å². The lowest BCUT2D eigenvalue weighted by molar-refractivity contribution is -0.253. The second-order valence-electron chi connectivity index (χ2n) is 6.16. The van der Waals surface area contributed by atoms with Crippen LogP contribution in [0.2, 0.25) is 0 Å². The summed E-state index contributed by atoms with van der Waals surface area (Å²) >= 11 is 0. The van der Waals surface area contributed by atoms with E-state index in [0.29, 0.717) is 19.3 Å². The molecule has 0 radical (unpaired) electrons. The van der Waals surface area contributed by atoms with E-state index in [0.717, 1.165) is 24.8 Å². The SMILES string of the molecule is COC(=O)C(C)C(Cc1ccccc1)OC1(O)CCCCC1. The van der Waals surface area contributed by atoms with Gasteiger partial charge < -0.3 is 14.6 Å². The molecule has 4 heteroatoms. The second kappa shape index (κ2) is 7.75. The molecule has 1 fully saturated rings. The van der Waals surface area contributed by atoms with Crippen LogP contribution in [-0.2, 0) is 20.7 Å². The summed E-state index contributed by atoms with van der Waals surface area (Å²) in [5.74, 6) is -1.84. The van der Waals surface area contributed by atoms with Crippen molar-refractivity contribution in [1.29, 1.82) is 0 Å². The standard InChI is InChI=1S/C18H26O4/c1-14(17(19)21-2)16(13-15-9-5-3-6-10-15)22-18(20)11-7-4-8-12-18/h3,5-6,9-10,14,16,20H,4,7-8,11-13H2,1-2H3. The largest absolute Gasteiger partial charge is 0.469 e. The molecule has 122 valence electrons. The Labute approximate surface area is 132 Å². The smallest absolute Gasteiger partial charge is 0.311 e. The summed E-state index contributed by atoms with van der Waals surface area (Å²) in [7, 11) is 1.38. The fraction of sp³-hybridized carbons (Fsp3) is 0.611. The van der Waals surface area contributed by atoms with Crippen molar-refractivity contribution in [2.75, 3.05) is 7.11 Å². The Morgan fingerprint density at radius 1 is 1.23 bits per heavy atom. The fourth-order valence-corrected chi connectivity index (χ4v) is 3.01. The Hall–Kier alpha value is -1.39. The number of aliphatic hydroxyl groups is 1. The first-order valence-electron chi connectivity index (χ1n) is 8.06. The Morgan fingerprint density at radius 2 is 1.86 bits per heavy atom. The number of esters is 1. The van der Waals surface area contributed by atoms with E-state index in [-0.39, 0.29) is 5.97 Å². The molecular weight excluding hydrogens is 280 g/mol. The van der Waals surface area contributed by atoms with Gasteiger partial charge in [0.05, 0.1) is 19.1 Å². The van der Waals surface area contributed by atoms with Gasteiger partial charge in [-0.05, 0) is 31.7 Å². The van der Waals surface area contributed by atoms with Crippen molar-refractivity contribution in [3.8, 4) is 0 Å². The minimum Gasteiger partial charge on any atom is -0.469 e. The first kappa shape index (κ1) is 17.0. The molecule has 0 aliphatic heterocycles. The number of rotatable bonds is 6. The van der Waals surface area contributed by atoms with Crippen molar-refractivity contribution < 1.29 is 19.4 Å². The highest BCUT2D eigenvalue weighted by molar-refractivity contribution is 5.72. The van der Waals surface area contributed by atoms with Crippen LogP contribution in [0.5, 0.6) is 0 Å². The molecule has 1 aliphatic carbocycles. The lowest BCUT2D eigenvalue weighted by Crippen LogP contribution is -2.43. The molecule has 0 heterocycles. The zero-order valence-electron chi connectivity index (χ0n) is 13.5. The molecule has 0 saturated heterocycles. The van der Waals surface area contributed by atoms with E-state index < -0.39 is 17.8 Å². The highest BCUT2D eigenvalue weighted by atomic mass is 16.6. The molecule has 1 aromatic rings. The monoisotopic (exact) mass is 306 g/mol. The van der Waals surface area contributed by atoms with Gasteiger partial charge in [-0.25, -0.2) is 0 Å². The topological polar surface area (TPSA) is 55.8 Å². The summed E-state index contributed by atoms with van der Waals surface area (Å²) < 4.78 is 10.9. The Kier molecular flexibility index (Phi) is 5.98. The molecular formula is C18H26O4. The fourth-order valence-electron chi connectivity index (χ4n) is 3.01. The third-order valence-corrected chi connectivity index (χ3v) is 4.42. The molecule has 2 rings (SSSR count). The predicted molar refractivity (Wildman–Crippen MR) is 84.2 cm³/mol. The Morgan fingerprint density at radius 3 is 2.45 bits per heavy atom. The molecule has 0 bridgehead atoms. The summed E-state index contributed by atoms with van der Waals surface area (Å²) in [5, 5.41) is 10.6. The van der Waals surface area contributed by atoms with Crippen LogP contribution in [-0.4, -0.2) is 30.1 Å². The van der Waals surface area contributed by atoms with Gasteiger partial charge in [0, 0.05) is 12.8 Å². The molecule has 4 nitrogen and oxygen atoms in total. The summed E-state index contributed by atoms with van der Waals surface area (Å²) in [4.78, 5) is 11.9. The van der Waals surface area contributed by atoms with Gasteiger partial charge in [0.15, 0.2) is 5.79 Å². The van der Waals surface area contributed by atoms with Crippen LogP contribution in [0.3, 0.4) is 0 Å². The number of carbonyl (C=O) groups excluding carboxylic acids is 1. The number of carbonyl (C=O) groups is 1. The number of hydrogen-bond acceptors (Lipinski definition) is 4. The van der Waals surface area contributed by atoms with Gasteiger partial charge in [0.2, 0.25) is 0 Å². The predicted octanol–water partition coefficient (Wildman–Crippen LogP) is 3.08. The quantitative estimate of drug-likeness (QED) is 0.648. The van der Waals surface area contributed by atoms with Gasteiger partial charge in [-0.2, -0.15) is 0 Å². The Balaban J connectivity index is 2.11. The molecule has 1 aliphatic rings. The van der Waals surface area contributed by atoms with E-state index in [4.69, 9.17) is 9.47 Å². The molecule has 22 heavy (non-hydrogen) atoms. The van der Waals surface area contributed by atoms with Crippen LogP contribution in [0.1, 0.15) is 44.6 Å². The van der Waals surface area contributed by atoms with Gasteiger partial charge in [-0.3, -0.25) is 4.79 Å². The van der Waals surface area contributed by atoms with Crippen LogP contribution in [0, 0.1) is 5.92 Å². The average Bonchev–Trinajstić information content (AvgIpc) is 2.54. The number of methoxy groups -OCH3 is 1. The van der Waals surface area contributed by atoms with Crippen molar-refractivity contribution in [2.45, 2.75) is 57.3 Å². The summed E-state index contributed by atoms with van der Waals surface area (Å²) in [6, 6.07) is 9.89. The minimum absolute atomic E-state index is 0.305. The van der Waals surface area contributed by atoms with Gasteiger partial charge in [0.1, 0.15) is 0 Å². The highest BCUT2D eigenvalue weighted by Gasteiger charge is 2.36. The van der Waals surface area contributed by atoms with Crippen molar-refractivity contribution in [1.82, 2.24) is 0 Å². The van der Waals surface area contributed by atoms with Gasteiger partial charge in [-0.15, -0.1) is 0 Å². The molecule has 1 aromatic carbocycles. The summed E-state index contributed by atoms with van der Waals surface area (Å²) in [6.07, 6.45) is 4.50. The molecule has 1 saturated carbocycles. The maximum Gasteiger partial charge on any atom is 0.311 e. The average molecular weight is 306 g/mol. The Bertz CT molecular complexity index is 465. The summed E-state index contributed by atoms with van der Waals surface area (Å²) in [6.45, 7) is 1.80. The molecule has 1 N–H and O–H groups in total.